The molecule has 1 unspecified atom stereocenters. The van der Waals surface area contributed by atoms with Crippen LogP contribution in [0.4, 0.5) is 17.1 Å². The summed E-state index contributed by atoms with van der Waals surface area (Å²) in [4.78, 5) is 2.36. The molecule has 62 heavy (non-hydrogen) atoms. The van der Waals surface area contributed by atoms with E-state index < -0.39 is 0 Å². The fraction of sp³-hybridized carbons (Fsp3) is 0.0333. The van der Waals surface area contributed by atoms with Crippen molar-refractivity contribution in [3.63, 3.8) is 0 Å². The predicted octanol–water partition coefficient (Wildman–Crippen LogP) is 16.1. The molecule has 0 bridgehead atoms. The SMILES string of the molecule is c1ccc(-c2ccc(C(Cc3ccc4c(c3)c3ccccc3n4-c3ccccc3)c3ccc(-c4ccc(N(c5ccccc5)c5cccc6ccccc56)cc4)cc3)cc2)cc1. The third-order valence-electron chi connectivity index (χ3n) is 12.4. The van der Waals surface area contributed by atoms with E-state index in [-0.39, 0.29) is 5.92 Å². The van der Waals surface area contributed by atoms with Gasteiger partial charge in [0.15, 0.2) is 0 Å². The highest BCUT2D eigenvalue weighted by Gasteiger charge is 2.19. The second kappa shape index (κ2) is 16.3. The van der Waals surface area contributed by atoms with Crippen molar-refractivity contribution < 1.29 is 0 Å². The monoisotopic (exact) mass is 792 g/mol. The standard InChI is InChI=1S/C60H44N2/c1-4-15-44(16-5-1)45-28-32-49(33-29-45)56(41-43-27-40-60-57(42-43)55-24-12-13-25-59(55)62(60)52-21-8-3-9-22-52)50-34-30-46(31-35-50)47-36-38-53(39-37-47)61(51-19-6-2-7-20-51)58-26-14-18-48-17-10-11-23-54(48)58/h1-40,42,56H,41H2. The molecule has 0 aliphatic carbocycles. The summed E-state index contributed by atoms with van der Waals surface area (Å²) in [5.41, 5.74) is 15.8. The number of hydrogen-bond donors (Lipinski definition) is 0. The first-order valence-electron chi connectivity index (χ1n) is 21.5. The van der Waals surface area contributed by atoms with Crippen LogP contribution in [0, 0.1) is 0 Å². The minimum Gasteiger partial charge on any atom is -0.310 e. The Hall–Kier alpha value is -7.94. The maximum absolute atomic E-state index is 2.43. The van der Waals surface area contributed by atoms with E-state index in [1.165, 1.54) is 77.2 Å². The van der Waals surface area contributed by atoms with Gasteiger partial charge < -0.3 is 9.47 Å². The topological polar surface area (TPSA) is 8.17 Å². The van der Waals surface area contributed by atoms with Crippen molar-refractivity contribution in [2.45, 2.75) is 12.3 Å². The zero-order valence-electron chi connectivity index (χ0n) is 34.4. The fourth-order valence-corrected chi connectivity index (χ4v) is 9.32. The van der Waals surface area contributed by atoms with Crippen LogP contribution in [-0.2, 0) is 6.42 Å². The van der Waals surface area contributed by atoms with E-state index in [9.17, 15) is 0 Å². The van der Waals surface area contributed by atoms with E-state index >= 15 is 0 Å². The summed E-state index contributed by atoms with van der Waals surface area (Å²) in [5.74, 6) is 0.163. The van der Waals surface area contributed by atoms with Crippen LogP contribution in [-0.4, -0.2) is 4.57 Å². The summed E-state index contributed by atoms with van der Waals surface area (Å²) >= 11 is 0. The van der Waals surface area contributed by atoms with Gasteiger partial charge in [0.05, 0.1) is 16.7 Å². The molecule has 11 rings (SSSR count). The number of aromatic nitrogens is 1. The number of anilines is 3. The van der Waals surface area contributed by atoms with Crippen molar-refractivity contribution in [2.75, 3.05) is 4.90 Å². The first-order chi connectivity index (χ1) is 30.7. The predicted molar refractivity (Wildman–Crippen MR) is 262 cm³/mol. The molecule has 0 saturated heterocycles. The highest BCUT2D eigenvalue weighted by Crippen LogP contribution is 2.40. The minimum atomic E-state index is 0.163. The quantitative estimate of drug-likeness (QED) is 0.134. The van der Waals surface area contributed by atoms with E-state index in [4.69, 9.17) is 0 Å². The molecule has 2 nitrogen and oxygen atoms in total. The number of benzene rings is 10. The highest BCUT2D eigenvalue weighted by atomic mass is 15.1. The van der Waals surface area contributed by atoms with Crippen molar-refractivity contribution in [3.05, 3.63) is 265 Å². The lowest BCUT2D eigenvalue weighted by molar-refractivity contribution is 0.806. The molecule has 1 aromatic heterocycles. The van der Waals surface area contributed by atoms with Crippen LogP contribution in [0.5, 0.6) is 0 Å². The van der Waals surface area contributed by atoms with E-state index in [0.29, 0.717) is 0 Å². The van der Waals surface area contributed by atoms with Crippen molar-refractivity contribution in [1.29, 1.82) is 0 Å². The lowest BCUT2D eigenvalue weighted by atomic mass is 9.84. The summed E-state index contributed by atoms with van der Waals surface area (Å²) < 4.78 is 2.39. The van der Waals surface area contributed by atoms with Crippen LogP contribution < -0.4 is 4.90 Å². The van der Waals surface area contributed by atoms with Crippen molar-refractivity contribution in [1.82, 2.24) is 4.57 Å². The van der Waals surface area contributed by atoms with E-state index in [1.807, 2.05) is 0 Å². The highest BCUT2D eigenvalue weighted by molar-refractivity contribution is 6.09. The molecule has 0 saturated carbocycles. The molecular weight excluding hydrogens is 749 g/mol. The van der Waals surface area contributed by atoms with E-state index in [2.05, 4.69) is 258 Å². The molecule has 0 fully saturated rings. The van der Waals surface area contributed by atoms with Gasteiger partial charge in [0.1, 0.15) is 0 Å². The van der Waals surface area contributed by atoms with Crippen LogP contribution in [0.2, 0.25) is 0 Å². The maximum atomic E-state index is 2.43. The van der Waals surface area contributed by atoms with Crippen LogP contribution in [0.3, 0.4) is 0 Å². The molecule has 294 valence electrons. The molecule has 0 amide bonds. The summed E-state index contributed by atoms with van der Waals surface area (Å²) in [6, 6.07) is 90.5. The van der Waals surface area contributed by atoms with Gasteiger partial charge in [-0.2, -0.15) is 0 Å². The number of rotatable bonds is 10. The van der Waals surface area contributed by atoms with Gasteiger partial charge in [-0.1, -0.05) is 188 Å². The van der Waals surface area contributed by atoms with Crippen LogP contribution in [0.1, 0.15) is 22.6 Å². The number of para-hydroxylation sites is 3. The summed E-state index contributed by atoms with van der Waals surface area (Å²) in [7, 11) is 0. The Labute approximate surface area is 363 Å². The fourth-order valence-electron chi connectivity index (χ4n) is 9.32. The number of hydrogen-bond acceptors (Lipinski definition) is 1. The molecule has 0 aliphatic rings. The third kappa shape index (κ3) is 7.02. The molecule has 1 atom stereocenters. The smallest absolute Gasteiger partial charge is 0.0541 e. The van der Waals surface area contributed by atoms with Gasteiger partial charge in [-0.15, -0.1) is 0 Å². The van der Waals surface area contributed by atoms with Crippen LogP contribution >= 0.6 is 0 Å². The molecule has 0 aliphatic heterocycles. The van der Waals surface area contributed by atoms with Gasteiger partial charge in [0.25, 0.3) is 0 Å². The van der Waals surface area contributed by atoms with Gasteiger partial charge in [-0.05, 0) is 111 Å². The maximum Gasteiger partial charge on any atom is 0.0541 e. The number of fused-ring (bicyclic) bond motifs is 4. The first kappa shape index (κ1) is 37.1. The molecule has 1 heterocycles. The molecule has 10 aromatic carbocycles. The van der Waals surface area contributed by atoms with Gasteiger partial charge in [-0.3, -0.25) is 0 Å². The van der Waals surface area contributed by atoms with Crippen molar-refractivity contribution >= 4 is 49.6 Å². The Balaban J connectivity index is 0.943. The lowest BCUT2D eigenvalue weighted by Gasteiger charge is -2.27. The normalized spacial score (nSPS) is 11.9. The Morgan fingerprint density at radius 1 is 0.355 bits per heavy atom. The second-order valence-corrected chi connectivity index (χ2v) is 16.1. The molecule has 11 aromatic rings. The molecule has 0 radical (unpaired) electrons. The zero-order valence-corrected chi connectivity index (χ0v) is 34.4. The van der Waals surface area contributed by atoms with Gasteiger partial charge in [-0.25, -0.2) is 0 Å². The van der Waals surface area contributed by atoms with Gasteiger partial charge in [0, 0.05) is 39.1 Å². The Bertz CT molecular complexity index is 3270. The molecule has 0 N–H and O–H groups in total. The second-order valence-electron chi connectivity index (χ2n) is 16.1. The third-order valence-corrected chi connectivity index (χ3v) is 12.4. The van der Waals surface area contributed by atoms with Crippen molar-refractivity contribution in [3.8, 4) is 27.9 Å². The average molecular weight is 793 g/mol. The summed E-state index contributed by atoms with van der Waals surface area (Å²) in [6.45, 7) is 0. The minimum absolute atomic E-state index is 0.163. The molecule has 2 heteroatoms. The van der Waals surface area contributed by atoms with Crippen LogP contribution in [0.25, 0.3) is 60.5 Å². The first-order valence-corrected chi connectivity index (χ1v) is 21.5. The summed E-state index contributed by atoms with van der Waals surface area (Å²) in [5, 5.41) is 5.01. The average Bonchev–Trinajstić information content (AvgIpc) is 3.68. The summed E-state index contributed by atoms with van der Waals surface area (Å²) in [6.07, 6.45) is 0.878. The Kier molecular flexibility index (Phi) is 9.72. The van der Waals surface area contributed by atoms with Crippen LogP contribution in [0.15, 0.2) is 249 Å². The lowest BCUT2D eigenvalue weighted by Crippen LogP contribution is -2.10. The Morgan fingerprint density at radius 2 is 0.855 bits per heavy atom. The molecule has 0 spiro atoms. The Morgan fingerprint density at radius 3 is 1.53 bits per heavy atom. The van der Waals surface area contributed by atoms with Gasteiger partial charge in [0.2, 0.25) is 0 Å². The number of nitrogens with zero attached hydrogens (tertiary/aromatic N) is 2. The van der Waals surface area contributed by atoms with Gasteiger partial charge >= 0.3 is 0 Å². The zero-order chi connectivity index (χ0) is 41.2. The van der Waals surface area contributed by atoms with E-state index in [0.717, 1.165) is 23.5 Å². The molecular formula is C60H44N2. The van der Waals surface area contributed by atoms with E-state index in [1.54, 1.807) is 0 Å². The van der Waals surface area contributed by atoms with Crippen molar-refractivity contribution in [2.24, 2.45) is 0 Å². The largest absolute Gasteiger partial charge is 0.310 e.